The monoisotopic (exact) mass is 592 g/mol. The molecule has 2 N–H and O–H groups in total. The van der Waals surface area contributed by atoms with Crippen molar-refractivity contribution in [3.05, 3.63) is 101 Å². The fourth-order valence-electron chi connectivity index (χ4n) is 3.99. The number of carboxylic acid groups (broad SMARTS) is 1. The highest BCUT2D eigenvalue weighted by Gasteiger charge is 2.33. The first-order chi connectivity index (χ1) is 19.7. The maximum Gasteiger partial charge on any atom is 0.335 e. The Hall–Kier alpha value is -4.48. The van der Waals surface area contributed by atoms with Crippen LogP contribution in [0.5, 0.6) is 11.5 Å². The number of ether oxygens (including phenoxy) is 2. The van der Waals surface area contributed by atoms with E-state index in [0.717, 1.165) is 11.8 Å². The van der Waals surface area contributed by atoms with Crippen molar-refractivity contribution < 1.29 is 33.4 Å². The number of carbonyl (C=O) groups is 3. The van der Waals surface area contributed by atoms with E-state index in [4.69, 9.17) is 21.7 Å². The van der Waals surface area contributed by atoms with Gasteiger partial charge in [-0.25, -0.2) is 9.18 Å². The van der Waals surface area contributed by atoms with Crippen molar-refractivity contribution in [2.75, 3.05) is 23.4 Å². The lowest BCUT2D eigenvalue weighted by atomic mass is 10.0. The molecule has 0 atom stereocenters. The number of hydrogen-bond acceptors (Lipinski definition) is 7. The fraction of sp³-hybridized carbons (Fsp3) is 0.133. The molecular formula is C30H25FN2O6S2. The lowest BCUT2D eigenvalue weighted by Crippen LogP contribution is -2.27. The summed E-state index contributed by atoms with van der Waals surface area (Å²) in [6, 6.07) is 14.9. The van der Waals surface area contributed by atoms with Crippen LogP contribution >= 0.6 is 24.0 Å². The third kappa shape index (κ3) is 7.19. The smallest absolute Gasteiger partial charge is 0.335 e. The number of carboxylic acids is 1. The van der Waals surface area contributed by atoms with E-state index in [1.165, 1.54) is 41.3 Å². The Morgan fingerprint density at radius 3 is 2.59 bits per heavy atom. The summed E-state index contributed by atoms with van der Waals surface area (Å²) in [5.41, 5.74) is 2.14. The molecule has 1 saturated heterocycles. The quantitative estimate of drug-likeness (QED) is 0.157. The Balaban J connectivity index is 1.59. The summed E-state index contributed by atoms with van der Waals surface area (Å²) in [4.78, 5) is 38.8. The van der Waals surface area contributed by atoms with E-state index >= 15 is 0 Å². The molecule has 41 heavy (non-hydrogen) atoms. The zero-order valence-electron chi connectivity index (χ0n) is 21.9. The van der Waals surface area contributed by atoms with E-state index in [2.05, 4.69) is 11.9 Å². The fourth-order valence-corrected chi connectivity index (χ4v) is 5.29. The molecule has 0 saturated carbocycles. The Labute approximate surface area is 245 Å². The molecule has 1 aliphatic heterocycles. The van der Waals surface area contributed by atoms with Gasteiger partial charge in [-0.05, 0) is 79.6 Å². The Morgan fingerprint density at radius 2 is 1.90 bits per heavy atom. The van der Waals surface area contributed by atoms with Crippen LogP contribution in [0, 0.1) is 5.82 Å². The number of rotatable bonds is 11. The maximum absolute atomic E-state index is 13.3. The first kappa shape index (κ1) is 29.5. The van der Waals surface area contributed by atoms with Crippen LogP contribution in [0.3, 0.4) is 0 Å². The van der Waals surface area contributed by atoms with Crippen LogP contribution in [0.4, 0.5) is 15.8 Å². The van der Waals surface area contributed by atoms with Gasteiger partial charge in [-0.15, -0.1) is 6.58 Å². The van der Waals surface area contributed by atoms with Crippen LogP contribution in [-0.2, 0) is 16.0 Å². The molecule has 210 valence electrons. The number of nitrogens with zero attached hydrogens (tertiary/aromatic N) is 1. The van der Waals surface area contributed by atoms with Crippen LogP contribution in [0.1, 0.15) is 28.4 Å². The average molecular weight is 593 g/mol. The summed E-state index contributed by atoms with van der Waals surface area (Å²) in [6.45, 7) is 5.60. The average Bonchev–Trinajstić information content (AvgIpc) is 3.22. The third-order valence-electron chi connectivity index (χ3n) is 5.74. The number of thioether (sulfide) groups is 1. The first-order valence-corrected chi connectivity index (χ1v) is 13.6. The number of aromatic carboxylic acids is 1. The molecule has 8 nitrogen and oxygen atoms in total. The minimum atomic E-state index is -1.11. The van der Waals surface area contributed by atoms with Crippen molar-refractivity contribution >= 4 is 63.5 Å². The van der Waals surface area contributed by atoms with Crippen LogP contribution < -0.4 is 19.7 Å². The number of carbonyl (C=O) groups excluding carboxylic acids is 2. The van der Waals surface area contributed by atoms with Gasteiger partial charge in [0.2, 0.25) is 0 Å². The predicted molar refractivity (Wildman–Crippen MR) is 161 cm³/mol. The molecular weight excluding hydrogens is 567 g/mol. The molecule has 0 aromatic heterocycles. The molecule has 3 aromatic carbocycles. The normalized spacial score (nSPS) is 13.8. The molecule has 1 heterocycles. The van der Waals surface area contributed by atoms with Gasteiger partial charge in [0.25, 0.3) is 11.8 Å². The number of anilines is 2. The number of thiocarbonyl (C=S) groups is 1. The second-order valence-electron chi connectivity index (χ2n) is 8.65. The number of nitrogens with one attached hydrogen (secondary N) is 1. The largest absolute Gasteiger partial charge is 0.490 e. The summed E-state index contributed by atoms with van der Waals surface area (Å²) < 4.78 is 25.1. The predicted octanol–water partition coefficient (Wildman–Crippen LogP) is 6.07. The lowest BCUT2D eigenvalue weighted by molar-refractivity contribution is -0.118. The number of hydrogen-bond donors (Lipinski definition) is 2. The number of amides is 2. The Morgan fingerprint density at radius 1 is 1.15 bits per heavy atom. The summed E-state index contributed by atoms with van der Waals surface area (Å²) in [7, 11) is 0. The zero-order chi connectivity index (χ0) is 29.5. The highest BCUT2D eigenvalue weighted by atomic mass is 32.2. The molecule has 0 radical (unpaired) electrons. The molecule has 0 aliphatic carbocycles. The SMILES string of the molecule is C=CCc1cc(/C=C2/SC(=S)N(c3cccc(C(=O)O)c3)C2=O)cc(OCC)c1OCC(=O)Nc1ccc(F)cc1. The maximum atomic E-state index is 13.3. The van der Waals surface area contributed by atoms with Crippen molar-refractivity contribution in [2.24, 2.45) is 0 Å². The summed E-state index contributed by atoms with van der Waals surface area (Å²) in [5, 5.41) is 12.0. The van der Waals surface area contributed by atoms with Gasteiger partial charge in [0.05, 0.1) is 22.8 Å². The highest BCUT2D eigenvalue weighted by Crippen LogP contribution is 2.39. The van der Waals surface area contributed by atoms with Gasteiger partial charge in [-0.1, -0.05) is 36.1 Å². The van der Waals surface area contributed by atoms with E-state index in [0.29, 0.717) is 51.9 Å². The molecule has 3 aromatic rings. The van der Waals surface area contributed by atoms with E-state index in [-0.39, 0.29) is 22.4 Å². The molecule has 0 bridgehead atoms. The lowest BCUT2D eigenvalue weighted by Gasteiger charge is -2.17. The van der Waals surface area contributed by atoms with Gasteiger partial charge < -0.3 is 19.9 Å². The summed E-state index contributed by atoms with van der Waals surface area (Å²) in [5.74, 6) is -1.62. The highest BCUT2D eigenvalue weighted by molar-refractivity contribution is 8.27. The minimum absolute atomic E-state index is 0.0397. The van der Waals surface area contributed by atoms with E-state index < -0.39 is 17.7 Å². The molecule has 2 amide bonds. The van der Waals surface area contributed by atoms with Crippen LogP contribution in [0.15, 0.2) is 78.2 Å². The third-order valence-corrected chi connectivity index (χ3v) is 7.04. The van der Waals surface area contributed by atoms with Crippen molar-refractivity contribution in [1.82, 2.24) is 0 Å². The van der Waals surface area contributed by atoms with Gasteiger partial charge in [-0.2, -0.15) is 0 Å². The van der Waals surface area contributed by atoms with Gasteiger partial charge in [0.1, 0.15) is 5.82 Å². The second-order valence-corrected chi connectivity index (χ2v) is 10.3. The summed E-state index contributed by atoms with van der Waals surface area (Å²) >= 11 is 6.53. The molecule has 1 aliphatic rings. The van der Waals surface area contributed by atoms with Gasteiger partial charge in [-0.3, -0.25) is 14.5 Å². The van der Waals surface area contributed by atoms with Crippen molar-refractivity contribution in [3.8, 4) is 11.5 Å². The standard InChI is InChI=1S/C30H25FN2O6S2/c1-3-6-19-13-18(15-25-28(35)33(30(40)41-25)23-8-5-7-20(16-23)29(36)37)14-24(38-4-2)27(19)39-17-26(34)32-22-11-9-21(31)10-12-22/h3,5,7-16H,1,4,6,17H2,2H3,(H,32,34)(H,36,37)/b25-15+. The summed E-state index contributed by atoms with van der Waals surface area (Å²) in [6.07, 6.45) is 3.73. The van der Waals surface area contributed by atoms with Crippen LogP contribution in [-0.4, -0.2) is 40.4 Å². The van der Waals surface area contributed by atoms with Crippen LogP contribution in [0.25, 0.3) is 6.08 Å². The second kappa shape index (κ2) is 13.2. The van der Waals surface area contributed by atoms with Gasteiger partial charge in [0, 0.05) is 11.3 Å². The number of benzene rings is 3. The van der Waals surface area contributed by atoms with Crippen LogP contribution in [0.2, 0.25) is 0 Å². The molecule has 0 unspecified atom stereocenters. The number of halogens is 1. The Bertz CT molecular complexity index is 1560. The van der Waals surface area contributed by atoms with E-state index in [1.807, 2.05) is 0 Å². The van der Waals surface area contributed by atoms with Crippen molar-refractivity contribution in [2.45, 2.75) is 13.3 Å². The Kier molecular flexibility index (Phi) is 9.53. The first-order valence-electron chi connectivity index (χ1n) is 12.4. The topological polar surface area (TPSA) is 105 Å². The van der Waals surface area contributed by atoms with Gasteiger partial charge in [0.15, 0.2) is 22.4 Å². The molecule has 1 fully saturated rings. The van der Waals surface area contributed by atoms with E-state index in [1.54, 1.807) is 43.3 Å². The number of allylic oxidation sites excluding steroid dienone is 1. The molecule has 11 heteroatoms. The molecule has 4 rings (SSSR count). The minimum Gasteiger partial charge on any atom is -0.490 e. The van der Waals surface area contributed by atoms with Crippen molar-refractivity contribution in [3.63, 3.8) is 0 Å². The van der Waals surface area contributed by atoms with Gasteiger partial charge >= 0.3 is 5.97 Å². The zero-order valence-corrected chi connectivity index (χ0v) is 23.5. The van der Waals surface area contributed by atoms with E-state index in [9.17, 15) is 23.9 Å². The molecule has 0 spiro atoms. The van der Waals surface area contributed by atoms with Crippen molar-refractivity contribution in [1.29, 1.82) is 0 Å².